The minimum absolute atomic E-state index is 0.00344. The number of ether oxygens (including phenoxy) is 6. The Balaban J connectivity index is 1.26. The van der Waals surface area contributed by atoms with Gasteiger partial charge in [0, 0.05) is 38.3 Å². The van der Waals surface area contributed by atoms with Crippen molar-refractivity contribution in [2.24, 2.45) is 5.92 Å². The molecular weight excluding hydrogens is 780 g/mol. The minimum Gasteiger partial charge on any atom is -0.480 e. The van der Waals surface area contributed by atoms with Crippen LogP contribution in [0, 0.1) is 5.92 Å². The standard InChI is InChI=1S/C43H62N4O13/c1-29(2)39(41(52)53)47-37(49)17-21-56-24-26-57-22-18-44-40(51)35(14-15-38(50)60-43(3,4)5)46-36(48)16-20-55-25-27-58-23-19-45-42(54)59-28-34-32-12-8-6-10-30(32)31-11-7-9-13-33(31)34/h6-13,29,34-35,39H,14-28H2,1-5H3,(H,44,51)(H,45,54)(H,46,48)(H,47,49)(H,52,53)/t35-,39-/m0/s1. The fourth-order valence-electron chi connectivity index (χ4n) is 6.17. The smallest absolute Gasteiger partial charge is 0.407 e. The van der Waals surface area contributed by atoms with Gasteiger partial charge in [-0.15, -0.1) is 0 Å². The number of carbonyl (C=O) groups is 6. The van der Waals surface area contributed by atoms with Crippen LogP contribution in [0.1, 0.15) is 77.3 Å². The van der Waals surface area contributed by atoms with Crippen LogP contribution in [0.5, 0.6) is 0 Å². The van der Waals surface area contributed by atoms with E-state index in [4.69, 9.17) is 28.4 Å². The molecule has 2 aromatic carbocycles. The molecule has 0 spiro atoms. The maximum atomic E-state index is 13.0. The maximum Gasteiger partial charge on any atom is 0.407 e. The Kier molecular flexibility index (Phi) is 21.5. The Morgan fingerprint density at radius 1 is 0.667 bits per heavy atom. The fourth-order valence-corrected chi connectivity index (χ4v) is 6.17. The van der Waals surface area contributed by atoms with E-state index in [1.807, 2.05) is 24.3 Å². The lowest BCUT2D eigenvalue weighted by atomic mass is 9.98. The second-order valence-electron chi connectivity index (χ2n) is 15.4. The monoisotopic (exact) mass is 842 g/mol. The van der Waals surface area contributed by atoms with Gasteiger partial charge in [0.2, 0.25) is 17.7 Å². The first-order valence-corrected chi connectivity index (χ1v) is 20.4. The zero-order valence-corrected chi connectivity index (χ0v) is 35.4. The molecule has 1 aliphatic rings. The maximum absolute atomic E-state index is 13.0. The van der Waals surface area contributed by atoms with Gasteiger partial charge in [0.1, 0.15) is 24.3 Å². The highest BCUT2D eigenvalue weighted by Crippen LogP contribution is 2.44. The molecule has 0 bridgehead atoms. The first kappa shape index (κ1) is 49.3. The van der Waals surface area contributed by atoms with E-state index in [9.17, 15) is 33.9 Å². The number of amides is 4. The highest BCUT2D eigenvalue weighted by atomic mass is 16.6. The third-order valence-electron chi connectivity index (χ3n) is 9.05. The first-order chi connectivity index (χ1) is 28.7. The molecule has 0 aromatic heterocycles. The second-order valence-corrected chi connectivity index (χ2v) is 15.4. The van der Waals surface area contributed by atoms with Crippen molar-refractivity contribution in [2.45, 2.75) is 83.9 Å². The number of rotatable bonds is 28. The summed E-state index contributed by atoms with van der Waals surface area (Å²) in [5.74, 6) is -3.27. The van der Waals surface area contributed by atoms with E-state index in [0.717, 1.165) is 22.3 Å². The highest BCUT2D eigenvalue weighted by Gasteiger charge is 2.29. The van der Waals surface area contributed by atoms with Crippen molar-refractivity contribution in [3.63, 3.8) is 0 Å². The molecular formula is C43H62N4O13. The van der Waals surface area contributed by atoms with Crippen LogP contribution in [-0.2, 0) is 52.4 Å². The van der Waals surface area contributed by atoms with Gasteiger partial charge in [-0.1, -0.05) is 62.4 Å². The number of aliphatic carboxylic acids is 1. The molecule has 60 heavy (non-hydrogen) atoms. The fraction of sp³-hybridized carbons (Fsp3) is 0.581. The highest BCUT2D eigenvalue weighted by molar-refractivity contribution is 5.88. The van der Waals surface area contributed by atoms with Gasteiger partial charge in [-0.05, 0) is 55.4 Å². The molecule has 5 N–H and O–H groups in total. The van der Waals surface area contributed by atoms with Gasteiger partial charge in [-0.25, -0.2) is 9.59 Å². The number of carboxylic acids is 1. The Morgan fingerprint density at radius 3 is 1.68 bits per heavy atom. The normalized spacial score (nSPS) is 13.1. The number of fused-ring (bicyclic) bond motifs is 3. The summed E-state index contributed by atoms with van der Waals surface area (Å²) < 4.78 is 32.7. The Labute approximate surface area is 351 Å². The quantitative estimate of drug-likeness (QED) is 0.0613. The van der Waals surface area contributed by atoms with Crippen molar-refractivity contribution in [1.29, 1.82) is 0 Å². The van der Waals surface area contributed by atoms with Gasteiger partial charge < -0.3 is 54.8 Å². The van der Waals surface area contributed by atoms with Crippen molar-refractivity contribution in [3.8, 4) is 11.1 Å². The number of esters is 1. The van der Waals surface area contributed by atoms with E-state index >= 15 is 0 Å². The van der Waals surface area contributed by atoms with Gasteiger partial charge in [0.25, 0.3) is 0 Å². The van der Waals surface area contributed by atoms with Crippen LogP contribution >= 0.6 is 0 Å². The second kappa shape index (κ2) is 26.2. The molecule has 0 unspecified atom stereocenters. The molecule has 0 saturated carbocycles. The number of carboxylic acid groups (broad SMARTS) is 1. The summed E-state index contributed by atoms with van der Waals surface area (Å²) >= 11 is 0. The lowest BCUT2D eigenvalue weighted by Crippen LogP contribution is -2.48. The molecule has 3 rings (SSSR count). The number of hydrogen-bond donors (Lipinski definition) is 5. The lowest BCUT2D eigenvalue weighted by Gasteiger charge is -2.21. The zero-order valence-electron chi connectivity index (χ0n) is 35.4. The SMILES string of the molecule is CC(C)[C@H](NC(=O)CCOCCOCCNC(=O)[C@H](CCC(=O)OC(C)(C)C)NC(=O)CCOCCOCCNC(=O)OCC1c2ccccc2-c2ccccc21)C(=O)O. The molecule has 2 atom stereocenters. The third kappa shape index (κ3) is 18.4. The molecule has 0 radical (unpaired) electrons. The van der Waals surface area contributed by atoms with Crippen LogP contribution in [-0.4, -0.2) is 131 Å². The summed E-state index contributed by atoms with van der Waals surface area (Å²) in [6.45, 7) is 10.5. The molecule has 0 heterocycles. The topological polar surface area (TPSA) is 226 Å². The molecule has 0 aliphatic heterocycles. The number of alkyl carbamates (subject to hydrolysis) is 1. The van der Waals surface area contributed by atoms with Gasteiger partial charge in [-0.3, -0.25) is 19.2 Å². The molecule has 17 nitrogen and oxygen atoms in total. The molecule has 1 aliphatic carbocycles. The van der Waals surface area contributed by atoms with Gasteiger partial charge in [0.05, 0.1) is 52.9 Å². The summed E-state index contributed by atoms with van der Waals surface area (Å²) in [6, 6.07) is 14.2. The average Bonchev–Trinajstić information content (AvgIpc) is 3.51. The molecule has 17 heteroatoms. The molecule has 4 amide bonds. The Bertz CT molecular complexity index is 1650. The van der Waals surface area contributed by atoms with Crippen molar-refractivity contribution in [1.82, 2.24) is 21.3 Å². The summed E-state index contributed by atoms with van der Waals surface area (Å²) in [7, 11) is 0. The zero-order chi connectivity index (χ0) is 43.9. The van der Waals surface area contributed by atoms with Gasteiger partial charge >= 0.3 is 18.0 Å². The van der Waals surface area contributed by atoms with Crippen molar-refractivity contribution in [2.75, 3.05) is 72.6 Å². The lowest BCUT2D eigenvalue weighted by molar-refractivity contribution is -0.155. The summed E-state index contributed by atoms with van der Waals surface area (Å²) in [5, 5.41) is 19.7. The van der Waals surface area contributed by atoms with E-state index in [1.165, 1.54) is 0 Å². The Hall–Kier alpha value is -5.10. The summed E-state index contributed by atoms with van der Waals surface area (Å²) in [6.07, 6.45) is -0.662. The predicted molar refractivity (Wildman–Crippen MR) is 220 cm³/mol. The largest absolute Gasteiger partial charge is 0.480 e. The first-order valence-electron chi connectivity index (χ1n) is 20.4. The van der Waals surface area contributed by atoms with Crippen LogP contribution in [0.3, 0.4) is 0 Å². The van der Waals surface area contributed by atoms with Crippen molar-refractivity contribution >= 4 is 35.8 Å². The van der Waals surface area contributed by atoms with Gasteiger partial charge in [-0.2, -0.15) is 0 Å². The van der Waals surface area contributed by atoms with Crippen LogP contribution in [0.25, 0.3) is 11.1 Å². The number of benzene rings is 2. The van der Waals surface area contributed by atoms with E-state index in [-0.39, 0.29) is 110 Å². The van der Waals surface area contributed by atoms with E-state index < -0.39 is 53.4 Å². The average molecular weight is 843 g/mol. The summed E-state index contributed by atoms with van der Waals surface area (Å²) in [4.78, 5) is 73.6. The van der Waals surface area contributed by atoms with E-state index in [1.54, 1.807) is 34.6 Å². The number of carbonyl (C=O) groups excluding carboxylic acids is 5. The molecule has 0 saturated heterocycles. The van der Waals surface area contributed by atoms with Crippen LogP contribution in [0.2, 0.25) is 0 Å². The van der Waals surface area contributed by atoms with E-state index in [2.05, 4.69) is 45.5 Å². The third-order valence-corrected chi connectivity index (χ3v) is 9.05. The molecule has 2 aromatic rings. The number of hydrogen-bond acceptors (Lipinski definition) is 12. The number of nitrogens with one attached hydrogen (secondary N) is 4. The minimum atomic E-state index is -1.10. The van der Waals surface area contributed by atoms with Crippen LogP contribution < -0.4 is 21.3 Å². The predicted octanol–water partition coefficient (Wildman–Crippen LogP) is 3.32. The summed E-state index contributed by atoms with van der Waals surface area (Å²) in [5.41, 5.74) is 3.87. The molecule has 0 fully saturated rings. The van der Waals surface area contributed by atoms with Crippen molar-refractivity contribution < 1.29 is 62.3 Å². The van der Waals surface area contributed by atoms with Gasteiger partial charge in [0.15, 0.2) is 0 Å². The molecule has 332 valence electrons. The Morgan fingerprint density at radius 2 is 1.17 bits per heavy atom. The van der Waals surface area contributed by atoms with Crippen LogP contribution in [0.4, 0.5) is 4.79 Å². The van der Waals surface area contributed by atoms with Crippen molar-refractivity contribution in [3.05, 3.63) is 59.7 Å². The van der Waals surface area contributed by atoms with Crippen LogP contribution in [0.15, 0.2) is 48.5 Å². The van der Waals surface area contributed by atoms with E-state index in [0.29, 0.717) is 0 Å².